The highest BCUT2D eigenvalue weighted by Gasteiger charge is 2.05. The first-order chi connectivity index (χ1) is 9.34. The first-order valence-corrected chi connectivity index (χ1v) is 7.19. The van der Waals surface area contributed by atoms with E-state index in [1.165, 1.54) is 17.7 Å². The Bertz CT molecular complexity index is 658. The molecule has 0 aliphatic rings. The van der Waals surface area contributed by atoms with Crippen molar-refractivity contribution in [3.05, 3.63) is 54.1 Å². The quantitative estimate of drug-likeness (QED) is 0.536. The number of nitrogens with two attached hydrogens (primary N) is 2. The summed E-state index contributed by atoms with van der Waals surface area (Å²) in [7, 11) is -4.51. The minimum absolute atomic E-state index is 0.0841. The number of anilines is 2. The van der Waals surface area contributed by atoms with Crippen molar-refractivity contribution in [1.82, 2.24) is 0 Å². The average Bonchev–Trinajstić information content (AvgIpc) is 2.42. The first-order valence-electron chi connectivity index (χ1n) is 5.78. The molecule has 0 aliphatic heterocycles. The zero-order chi connectivity index (χ0) is 15.2. The summed E-state index contributed by atoms with van der Waals surface area (Å²) in [4.78, 5) is -0.470. The fourth-order valence-electron chi connectivity index (χ4n) is 1.41. The lowest BCUT2D eigenvalue weighted by molar-refractivity contribution is -0.386. The minimum Gasteiger partial charge on any atom is -0.744 e. The second-order valence-electron chi connectivity index (χ2n) is 3.99. The molecule has 0 saturated heterocycles. The van der Waals surface area contributed by atoms with Crippen molar-refractivity contribution in [3.8, 4) is 0 Å². The zero-order valence-electron chi connectivity index (χ0n) is 10.8. The Morgan fingerprint density at radius 2 is 1.65 bits per heavy atom. The summed E-state index contributed by atoms with van der Waals surface area (Å²) >= 11 is 0. The number of rotatable bonds is 2. The molecular weight excluding hydrogens is 278 g/mol. The van der Waals surface area contributed by atoms with Crippen LogP contribution in [0.4, 0.5) is 11.4 Å². The number of hydrogen-bond acceptors (Lipinski definition) is 5. The predicted octanol–water partition coefficient (Wildman–Crippen LogP) is 0.184. The van der Waals surface area contributed by atoms with E-state index in [1.54, 1.807) is 0 Å². The van der Waals surface area contributed by atoms with Crippen molar-refractivity contribution in [2.75, 3.05) is 11.5 Å². The van der Waals surface area contributed by atoms with Crippen LogP contribution in [0, 0.1) is 0 Å². The molecule has 7 N–H and O–H groups in total. The molecule has 6 nitrogen and oxygen atoms in total. The second kappa shape index (κ2) is 6.90. The molecule has 108 valence electrons. The van der Waals surface area contributed by atoms with Gasteiger partial charge in [-0.2, -0.15) is 0 Å². The van der Waals surface area contributed by atoms with Gasteiger partial charge >= 0.3 is 0 Å². The third kappa shape index (κ3) is 4.88. The molecule has 0 bridgehead atoms. The first kappa shape index (κ1) is 16.0. The van der Waals surface area contributed by atoms with Crippen LogP contribution < -0.4 is 17.2 Å². The second-order valence-corrected chi connectivity index (χ2v) is 5.34. The van der Waals surface area contributed by atoms with E-state index in [9.17, 15) is 13.0 Å². The number of nitrogen functional groups attached to an aromatic ring is 2. The Labute approximate surface area is 118 Å². The van der Waals surface area contributed by atoms with E-state index in [2.05, 4.69) is 17.9 Å². The van der Waals surface area contributed by atoms with E-state index in [4.69, 9.17) is 11.5 Å². The highest BCUT2D eigenvalue weighted by molar-refractivity contribution is 7.86. The van der Waals surface area contributed by atoms with Crippen LogP contribution in [0.1, 0.15) is 5.56 Å². The van der Waals surface area contributed by atoms with E-state index in [0.29, 0.717) is 0 Å². The van der Waals surface area contributed by atoms with E-state index < -0.39 is 15.0 Å². The molecule has 2 aromatic carbocycles. The number of quaternary nitrogens is 1. The van der Waals surface area contributed by atoms with Crippen LogP contribution >= 0.6 is 0 Å². The largest absolute Gasteiger partial charge is 0.744 e. The Morgan fingerprint density at radius 1 is 1.05 bits per heavy atom. The maximum atomic E-state index is 10.5. The van der Waals surface area contributed by atoms with Gasteiger partial charge in [0, 0.05) is 16.9 Å². The van der Waals surface area contributed by atoms with Gasteiger partial charge < -0.3 is 21.8 Å². The molecule has 0 radical (unpaired) electrons. The van der Waals surface area contributed by atoms with Gasteiger partial charge in [-0.25, -0.2) is 8.42 Å². The standard InChI is InChI=1S/C7H9N.C6H8N2O3S/c8-6-7-4-2-1-3-5-7;7-4-1-2-5(8)6(3-4)12(9,10)11/h1-5H,6,8H2;1-3H,7-8H2,(H,9,10,11). The van der Waals surface area contributed by atoms with Gasteiger partial charge in [0.05, 0.1) is 11.4 Å². The fraction of sp³-hybridized carbons (Fsp3) is 0.0769. The highest BCUT2D eigenvalue weighted by atomic mass is 32.2. The smallest absolute Gasteiger partial charge is 0.126 e. The summed E-state index contributed by atoms with van der Waals surface area (Å²) in [5.41, 5.74) is 15.7. The molecular formula is C13H17N3O3S. The molecule has 7 heteroatoms. The SMILES string of the molecule is Nc1ccc(N)c(S(=O)(=O)[O-])c1.[NH3+]Cc1ccccc1. The van der Waals surface area contributed by atoms with Gasteiger partial charge in [0.25, 0.3) is 0 Å². The van der Waals surface area contributed by atoms with E-state index in [0.717, 1.165) is 12.6 Å². The third-order valence-corrected chi connectivity index (χ3v) is 3.33. The molecule has 0 heterocycles. The fourth-order valence-corrected chi connectivity index (χ4v) is 2.05. The van der Waals surface area contributed by atoms with Gasteiger partial charge in [-0.05, 0) is 18.2 Å². The Kier molecular flexibility index (Phi) is 5.51. The molecule has 2 aromatic rings. The Morgan fingerprint density at radius 3 is 2.05 bits per heavy atom. The van der Waals surface area contributed by atoms with Gasteiger partial charge in [0.1, 0.15) is 10.1 Å². The Hall–Kier alpha value is -2.09. The molecule has 0 atom stereocenters. The molecule has 20 heavy (non-hydrogen) atoms. The summed E-state index contributed by atoms with van der Waals surface area (Å²) in [6.45, 7) is 0.890. The van der Waals surface area contributed by atoms with Crippen molar-refractivity contribution in [3.63, 3.8) is 0 Å². The zero-order valence-corrected chi connectivity index (χ0v) is 11.6. The van der Waals surface area contributed by atoms with Crippen molar-refractivity contribution in [2.45, 2.75) is 11.4 Å². The number of benzene rings is 2. The number of hydrogen-bond donors (Lipinski definition) is 3. The Balaban J connectivity index is 0.000000217. The molecule has 0 spiro atoms. The topological polar surface area (TPSA) is 137 Å². The van der Waals surface area contributed by atoms with Crippen LogP contribution in [-0.2, 0) is 16.7 Å². The van der Waals surface area contributed by atoms with Crippen molar-refractivity contribution in [1.29, 1.82) is 0 Å². The van der Waals surface area contributed by atoms with E-state index in [-0.39, 0.29) is 11.4 Å². The predicted molar refractivity (Wildman–Crippen MR) is 76.3 cm³/mol. The highest BCUT2D eigenvalue weighted by Crippen LogP contribution is 2.20. The summed E-state index contributed by atoms with van der Waals surface area (Å²) < 4.78 is 31.5. The van der Waals surface area contributed by atoms with Crippen LogP contribution in [0.5, 0.6) is 0 Å². The van der Waals surface area contributed by atoms with Crippen molar-refractivity contribution < 1.29 is 18.7 Å². The maximum Gasteiger partial charge on any atom is 0.126 e. The monoisotopic (exact) mass is 295 g/mol. The molecule has 0 aromatic heterocycles. The minimum atomic E-state index is -4.51. The lowest BCUT2D eigenvalue weighted by atomic mass is 10.2. The van der Waals surface area contributed by atoms with Crippen molar-refractivity contribution >= 4 is 21.5 Å². The van der Waals surface area contributed by atoms with Crippen molar-refractivity contribution in [2.24, 2.45) is 0 Å². The molecule has 0 saturated carbocycles. The molecule has 2 rings (SSSR count). The van der Waals surface area contributed by atoms with E-state index in [1.807, 2.05) is 18.2 Å². The van der Waals surface area contributed by atoms with Crippen LogP contribution in [0.3, 0.4) is 0 Å². The molecule has 0 fully saturated rings. The van der Waals surface area contributed by atoms with E-state index >= 15 is 0 Å². The summed E-state index contributed by atoms with van der Waals surface area (Å²) in [5, 5.41) is 0. The summed E-state index contributed by atoms with van der Waals surface area (Å²) in [5.74, 6) is 0. The lowest BCUT2D eigenvalue weighted by Crippen LogP contribution is -2.47. The van der Waals surface area contributed by atoms with Gasteiger partial charge in [-0.1, -0.05) is 30.3 Å². The van der Waals surface area contributed by atoms with Gasteiger partial charge in [-0.15, -0.1) is 0 Å². The summed E-state index contributed by atoms with van der Waals surface area (Å²) in [6, 6.07) is 14.0. The molecule has 0 unspecified atom stereocenters. The van der Waals surface area contributed by atoms with Gasteiger partial charge in [-0.3, -0.25) is 0 Å². The maximum absolute atomic E-state index is 10.5. The summed E-state index contributed by atoms with van der Waals surface area (Å²) in [6.07, 6.45) is 0. The molecule has 0 amide bonds. The third-order valence-electron chi connectivity index (χ3n) is 2.44. The van der Waals surface area contributed by atoms with Crippen LogP contribution in [0.25, 0.3) is 0 Å². The van der Waals surface area contributed by atoms with Gasteiger partial charge in [0.15, 0.2) is 0 Å². The molecule has 0 aliphatic carbocycles. The van der Waals surface area contributed by atoms with Crippen LogP contribution in [0.2, 0.25) is 0 Å². The van der Waals surface area contributed by atoms with Crippen LogP contribution in [-0.4, -0.2) is 13.0 Å². The van der Waals surface area contributed by atoms with Gasteiger partial charge in [0.2, 0.25) is 0 Å². The average molecular weight is 295 g/mol. The lowest BCUT2D eigenvalue weighted by Gasteiger charge is -2.09. The normalized spacial score (nSPS) is 10.5. The van der Waals surface area contributed by atoms with Crippen LogP contribution in [0.15, 0.2) is 53.4 Å².